The van der Waals surface area contributed by atoms with Gasteiger partial charge in [-0.15, -0.1) is 0 Å². The lowest BCUT2D eigenvalue weighted by atomic mass is 10.0. The van der Waals surface area contributed by atoms with E-state index >= 15 is 0 Å². The van der Waals surface area contributed by atoms with Gasteiger partial charge in [0, 0.05) is 23.2 Å². The molecule has 4 nitrogen and oxygen atoms in total. The summed E-state index contributed by atoms with van der Waals surface area (Å²) in [6.45, 7) is 4.12. The van der Waals surface area contributed by atoms with Gasteiger partial charge in [0.2, 0.25) is 0 Å². The molecule has 102 valence electrons. The van der Waals surface area contributed by atoms with Crippen LogP contribution in [0.5, 0.6) is 0 Å². The standard InChI is InChI=1S/C16H16N2O2/c1-3-20-16(19)7-5-14-9-13-8-12(10-17)4-6-15(13)11(2)18-14/h4,6,8-9H,3,5,7H2,1-2H3. The largest absolute Gasteiger partial charge is 0.466 e. The summed E-state index contributed by atoms with van der Waals surface area (Å²) >= 11 is 0. The van der Waals surface area contributed by atoms with Crippen LogP contribution >= 0.6 is 0 Å². The first-order chi connectivity index (χ1) is 9.63. The summed E-state index contributed by atoms with van der Waals surface area (Å²) in [5.41, 5.74) is 2.38. The summed E-state index contributed by atoms with van der Waals surface area (Å²) in [6.07, 6.45) is 0.871. The second kappa shape index (κ2) is 6.16. The molecule has 0 bridgehead atoms. The van der Waals surface area contributed by atoms with Gasteiger partial charge in [0.25, 0.3) is 0 Å². The fraction of sp³-hybridized carbons (Fsp3) is 0.312. The van der Waals surface area contributed by atoms with Crippen LogP contribution in [0.15, 0.2) is 24.3 Å². The van der Waals surface area contributed by atoms with Crippen molar-refractivity contribution in [1.82, 2.24) is 4.98 Å². The highest BCUT2D eigenvalue weighted by atomic mass is 16.5. The van der Waals surface area contributed by atoms with Crippen LogP contribution in [0.25, 0.3) is 10.8 Å². The van der Waals surface area contributed by atoms with Crippen LogP contribution in [-0.2, 0) is 16.0 Å². The summed E-state index contributed by atoms with van der Waals surface area (Å²) in [4.78, 5) is 15.9. The molecule has 2 rings (SSSR count). The molecule has 0 N–H and O–H groups in total. The van der Waals surface area contributed by atoms with Gasteiger partial charge in [0.1, 0.15) is 0 Å². The quantitative estimate of drug-likeness (QED) is 0.800. The van der Waals surface area contributed by atoms with E-state index in [0.717, 1.165) is 22.2 Å². The van der Waals surface area contributed by atoms with Gasteiger partial charge >= 0.3 is 5.97 Å². The van der Waals surface area contributed by atoms with E-state index in [2.05, 4.69) is 11.1 Å². The second-order valence-electron chi connectivity index (χ2n) is 4.55. The van der Waals surface area contributed by atoms with Crippen LogP contribution in [-0.4, -0.2) is 17.6 Å². The van der Waals surface area contributed by atoms with Crippen LogP contribution in [0, 0.1) is 18.3 Å². The van der Waals surface area contributed by atoms with Crippen LogP contribution in [0.1, 0.15) is 30.3 Å². The molecule has 1 aromatic heterocycles. The lowest BCUT2D eigenvalue weighted by molar-refractivity contribution is -0.143. The molecule has 1 heterocycles. The Balaban J connectivity index is 2.27. The van der Waals surface area contributed by atoms with Crippen molar-refractivity contribution in [2.75, 3.05) is 6.61 Å². The van der Waals surface area contributed by atoms with Crippen molar-refractivity contribution in [2.45, 2.75) is 26.7 Å². The molecule has 0 saturated heterocycles. The van der Waals surface area contributed by atoms with E-state index < -0.39 is 0 Å². The molecule has 0 aliphatic carbocycles. The summed E-state index contributed by atoms with van der Waals surface area (Å²) in [5.74, 6) is -0.210. The number of benzene rings is 1. The fourth-order valence-electron chi connectivity index (χ4n) is 2.16. The zero-order chi connectivity index (χ0) is 14.5. The lowest BCUT2D eigenvalue weighted by Crippen LogP contribution is -2.06. The van der Waals surface area contributed by atoms with Gasteiger partial charge in [-0.2, -0.15) is 5.26 Å². The number of nitrogens with zero attached hydrogens (tertiary/aromatic N) is 2. The average molecular weight is 268 g/mol. The van der Waals surface area contributed by atoms with E-state index in [0.29, 0.717) is 25.0 Å². The van der Waals surface area contributed by atoms with Crippen LogP contribution in [0.2, 0.25) is 0 Å². The molecule has 0 spiro atoms. The van der Waals surface area contributed by atoms with E-state index in [1.165, 1.54) is 0 Å². The van der Waals surface area contributed by atoms with Crippen molar-refractivity contribution >= 4 is 16.7 Å². The number of pyridine rings is 1. The molecular weight excluding hydrogens is 252 g/mol. The van der Waals surface area contributed by atoms with E-state index in [-0.39, 0.29) is 5.97 Å². The van der Waals surface area contributed by atoms with E-state index in [4.69, 9.17) is 10.00 Å². The molecule has 0 atom stereocenters. The minimum atomic E-state index is -0.210. The number of carbonyl (C=O) groups excluding carboxylic acids is 1. The first kappa shape index (κ1) is 14.0. The molecule has 0 amide bonds. The van der Waals surface area contributed by atoms with Crippen LogP contribution < -0.4 is 0 Å². The molecule has 0 unspecified atom stereocenters. The third kappa shape index (κ3) is 3.12. The Morgan fingerprint density at radius 2 is 2.20 bits per heavy atom. The lowest BCUT2D eigenvalue weighted by Gasteiger charge is -2.07. The van der Waals surface area contributed by atoms with Gasteiger partial charge in [-0.1, -0.05) is 6.07 Å². The van der Waals surface area contributed by atoms with Gasteiger partial charge in [0.15, 0.2) is 0 Å². The number of hydrogen-bond donors (Lipinski definition) is 0. The van der Waals surface area contributed by atoms with Crippen molar-refractivity contribution in [3.63, 3.8) is 0 Å². The van der Waals surface area contributed by atoms with Gasteiger partial charge < -0.3 is 4.74 Å². The highest BCUT2D eigenvalue weighted by Gasteiger charge is 2.07. The Morgan fingerprint density at radius 1 is 1.40 bits per heavy atom. The van der Waals surface area contributed by atoms with E-state index in [1.807, 2.05) is 25.1 Å². The van der Waals surface area contributed by atoms with Crippen molar-refractivity contribution in [1.29, 1.82) is 5.26 Å². The third-order valence-corrected chi connectivity index (χ3v) is 3.09. The number of esters is 1. The van der Waals surface area contributed by atoms with Gasteiger partial charge in [-0.05, 0) is 37.4 Å². The molecule has 0 radical (unpaired) electrons. The molecule has 1 aromatic carbocycles. The first-order valence-corrected chi connectivity index (χ1v) is 6.60. The molecule has 0 aliphatic rings. The topological polar surface area (TPSA) is 63.0 Å². The summed E-state index contributed by atoms with van der Waals surface area (Å²) in [5, 5.41) is 11.0. The number of rotatable bonds is 4. The number of aryl methyl sites for hydroxylation is 2. The number of fused-ring (bicyclic) bond motifs is 1. The first-order valence-electron chi connectivity index (χ1n) is 6.60. The molecule has 0 aliphatic heterocycles. The predicted molar refractivity (Wildman–Crippen MR) is 76.1 cm³/mol. The molecule has 4 heteroatoms. The van der Waals surface area contributed by atoms with Gasteiger partial charge in [0.05, 0.1) is 24.7 Å². The number of hydrogen-bond acceptors (Lipinski definition) is 4. The zero-order valence-electron chi connectivity index (χ0n) is 11.6. The Kier molecular flexibility index (Phi) is 4.31. The molecule has 0 saturated carbocycles. The highest BCUT2D eigenvalue weighted by molar-refractivity contribution is 5.86. The maximum atomic E-state index is 11.4. The summed E-state index contributed by atoms with van der Waals surface area (Å²) < 4.78 is 4.91. The van der Waals surface area contributed by atoms with Crippen molar-refractivity contribution < 1.29 is 9.53 Å². The fourth-order valence-corrected chi connectivity index (χ4v) is 2.16. The Labute approximate surface area is 118 Å². The smallest absolute Gasteiger partial charge is 0.306 e. The zero-order valence-corrected chi connectivity index (χ0v) is 11.6. The minimum absolute atomic E-state index is 0.210. The van der Waals surface area contributed by atoms with Crippen molar-refractivity contribution in [2.24, 2.45) is 0 Å². The normalized spacial score (nSPS) is 10.2. The van der Waals surface area contributed by atoms with Gasteiger partial charge in [-0.25, -0.2) is 0 Å². The maximum absolute atomic E-state index is 11.4. The number of aromatic nitrogens is 1. The average Bonchev–Trinajstić information content (AvgIpc) is 2.45. The Hall–Kier alpha value is -2.41. The second-order valence-corrected chi connectivity index (χ2v) is 4.55. The number of ether oxygens (including phenoxy) is 1. The number of carbonyl (C=O) groups is 1. The monoisotopic (exact) mass is 268 g/mol. The van der Waals surface area contributed by atoms with Gasteiger partial charge in [-0.3, -0.25) is 9.78 Å². The van der Waals surface area contributed by atoms with E-state index in [9.17, 15) is 4.79 Å². The van der Waals surface area contributed by atoms with Crippen molar-refractivity contribution in [3.8, 4) is 6.07 Å². The predicted octanol–water partition coefficient (Wildman–Crippen LogP) is 2.91. The van der Waals surface area contributed by atoms with Crippen LogP contribution in [0.4, 0.5) is 0 Å². The third-order valence-electron chi connectivity index (χ3n) is 3.09. The summed E-state index contributed by atoms with van der Waals surface area (Å²) in [7, 11) is 0. The van der Waals surface area contributed by atoms with Crippen LogP contribution in [0.3, 0.4) is 0 Å². The molecule has 20 heavy (non-hydrogen) atoms. The number of nitriles is 1. The molecular formula is C16H16N2O2. The van der Waals surface area contributed by atoms with Crippen molar-refractivity contribution in [3.05, 3.63) is 41.2 Å². The summed E-state index contributed by atoms with van der Waals surface area (Å²) in [6, 6.07) is 9.60. The molecule has 0 fully saturated rings. The highest BCUT2D eigenvalue weighted by Crippen LogP contribution is 2.20. The minimum Gasteiger partial charge on any atom is -0.466 e. The Morgan fingerprint density at radius 3 is 2.90 bits per heavy atom. The Bertz CT molecular complexity index is 687. The van der Waals surface area contributed by atoms with E-state index in [1.54, 1.807) is 13.0 Å². The SMILES string of the molecule is CCOC(=O)CCc1cc2cc(C#N)ccc2c(C)n1. The molecule has 2 aromatic rings. The maximum Gasteiger partial charge on any atom is 0.306 e.